The Bertz CT molecular complexity index is 464. The van der Waals surface area contributed by atoms with Crippen LogP contribution in [0.15, 0.2) is 12.4 Å². The Balaban J connectivity index is 2.03. The zero-order valence-corrected chi connectivity index (χ0v) is 13.2. The molecular formula is C14H25BN2O4. The molecule has 1 saturated heterocycles. The molecule has 0 atom stereocenters. The Morgan fingerprint density at radius 3 is 2.52 bits per heavy atom. The van der Waals surface area contributed by atoms with Crippen molar-refractivity contribution in [3.63, 3.8) is 0 Å². The fourth-order valence-corrected chi connectivity index (χ4v) is 2.12. The van der Waals surface area contributed by atoms with Crippen molar-refractivity contribution in [1.82, 2.24) is 9.78 Å². The first-order valence-corrected chi connectivity index (χ1v) is 7.41. The Morgan fingerprint density at radius 2 is 1.95 bits per heavy atom. The van der Waals surface area contributed by atoms with Gasteiger partial charge in [-0.1, -0.05) is 0 Å². The van der Waals surface area contributed by atoms with Crippen LogP contribution in [0.5, 0.6) is 0 Å². The van der Waals surface area contributed by atoms with Crippen molar-refractivity contribution in [3.05, 3.63) is 12.4 Å². The van der Waals surface area contributed by atoms with Gasteiger partial charge in [0.1, 0.15) is 0 Å². The van der Waals surface area contributed by atoms with E-state index in [1.54, 1.807) is 40.1 Å². The number of rotatable bonds is 5. The smallest absolute Gasteiger partial charge is 0.423 e. The van der Waals surface area contributed by atoms with Crippen molar-refractivity contribution in [2.75, 3.05) is 13.2 Å². The summed E-state index contributed by atoms with van der Waals surface area (Å²) in [5, 5.41) is 24.6. The molecule has 0 saturated carbocycles. The van der Waals surface area contributed by atoms with E-state index in [1.807, 2.05) is 4.68 Å². The van der Waals surface area contributed by atoms with Crippen LogP contribution in [0.3, 0.4) is 0 Å². The predicted molar refractivity (Wildman–Crippen MR) is 80.4 cm³/mol. The van der Waals surface area contributed by atoms with Gasteiger partial charge in [-0.15, -0.1) is 0 Å². The third kappa shape index (κ3) is 3.85. The first-order chi connectivity index (χ1) is 9.71. The van der Waals surface area contributed by atoms with E-state index in [4.69, 9.17) is 9.39 Å². The summed E-state index contributed by atoms with van der Waals surface area (Å²) in [6, 6.07) is 0.307. The van der Waals surface area contributed by atoms with E-state index in [0.29, 0.717) is 11.5 Å². The van der Waals surface area contributed by atoms with Gasteiger partial charge in [-0.2, -0.15) is 5.10 Å². The van der Waals surface area contributed by atoms with E-state index in [-0.39, 0.29) is 0 Å². The summed E-state index contributed by atoms with van der Waals surface area (Å²) < 4.78 is 12.8. The maximum absolute atomic E-state index is 10.2. The van der Waals surface area contributed by atoms with E-state index in [0.717, 1.165) is 26.1 Å². The number of hydrogen-bond donors (Lipinski definition) is 2. The molecule has 21 heavy (non-hydrogen) atoms. The average Bonchev–Trinajstić information content (AvgIpc) is 2.87. The maximum atomic E-state index is 10.2. The van der Waals surface area contributed by atoms with E-state index in [1.165, 1.54) is 0 Å². The second-order valence-electron chi connectivity index (χ2n) is 6.64. The lowest BCUT2D eigenvalue weighted by atomic mass is 9.78. The molecule has 118 valence electrons. The molecule has 7 heteroatoms. The molecule has 0 aromatic carbocycles. The SMILES string of the molecule is CC(C)(O)C(C)(C)OB(O)c1cnn(C2CCOCC2)c1. The van der Waals surface area contributed by atoms with Gasteiger partial charge in [-0.05, 0) is 40.5 Å². The van der Waals surface area contributed by atoms with Crippen molar-refractivity contribution in [3.8, 4) is 0 Å². The highest BCUT2D eigenvalue weighted by molar-refractivity contribution is 6.59. The number of ether oxygens (including phenoxy) is 1. The van der Waals surface area contributed by atoms with Crippen molar-refractivity contribution in [2.24, 2.45) is 0 Å². The monoisotopic (exact) mass is 296 g/mol. The van der Waals surface area contributed by atoms with Crippen molar-refractivity contribution in [2.45, 2.75) is 57.8 Å². The molecular weight excluding hydrogens is 271 g/mol. The molecule has 1 aromatic heterocycles. The molecule has 1 aromatic rings. The van der Waals surface area contributed by atoms with Gasteiger partial charge >= 0.3 is 7.12 Å². The first kappa shape index (κ1) is 16.5. The molecule has 0 bridgehead atoms. The summed E-state index contributed by atoms with van der Waals surface area (Å²) in [6.45, 7) is 8.30. The minimum atomic E-state index is -1.11. The molecule has 2 rings (SSSR count). The molecule has 6 nitrogen and oxygen atoms in total. The maximum Gasteiger partial charge on any atom is 0.494 e. The Morgan fingerprint density at radius 1 is 1.33 bits per heavy atom. The minimum Gasteiger partial charge on any atom is -0.423 e. The van der Waals surface area contributed by atoms with Crippen LogP contribution in [-0.2, 0) is 9.39 Å². The highest BCUT2D eigenvalue weighted by Crippen LogP contribution is 2.25. The standard InChI is InChI=1S/C14H25BN2O4/c1-13(2,18)14(3,4)21-15(19)11-9-16-17(10-11)12-5-7-20-8-6-12/h9-10,12,18-19H,5-8H2,1-4H3. The molecule has 1 fully saturated rings. The third-order valence-corrected chi connectivity index (χ3v) is 4.35. The summed E-state index contributed by atoms with van der Waals surface area (Å²) in [6.07, 6.45) is 5.27. The lowest BCUT2D eigenvalue weighted by Crippen LogP contribution is -2.53. The van der Waals surface area contributed by atoms with Crippen LogP contribution in [-0.4, -0.2) is 51.4 Å². The zero-order valence-electron chi connectivity index (χ0n) is 13.2. The van der Waals surface area contributed by atoms with Crippen LogP contribution in [0.1, 0.15) is 46.6 Å². The van der Waals surface area contributed by atoms with Crippen LogP contribution in [0.2, 0.25) is 0 Å². The predicted octanol–water partition coefficient (Wildman–Crippen LogP) is 0.488. The van der Waals surface area contributed by atoms with Gasteiger partial charge in [-0.25, -0.2) is 0 Å². The Kier molecular flexibility index (Phi) is 4.77. The van der Waals surface area contributed by atoms with Crippen LogP contribution in [0, 0.1) is 0 Å². The molecule has 0 aliphatic carbocycles. The lowest BCUT2D eigenvalue weighted by molar-refractivity contribution is -0.0982. The topological polar surface area (TPSA) is 76.7 Å². The summed E-state index contributed by atoms with van der Waals surface area (Å²) in [4.78, 5) is 0. The first-order valence-electron chi connectivity index (χ1n) is 7.41. The molecule has 0 spiro atoms. The summed E-state index contributed by atoms with van der Waals surface area (Å²) in [5.41, 5.74) is -1.35. The second kappa shape index (κ2) is 6.08. The molecule has 0 unspecified atom stereocenters. The number of nitrogens with zero attached hydrogens (tertiary/aromatic N) is 2. The van der Waals surface area contributed by atoms with E-state index in [2.05, 4.69) is 5.10 Å². The lowest BCUT2D eigenvalue weighted by Gasteiger charge is -2.38. The average molecular weight is 296 g/mol. The molecule has 1 aliphatic rings. The number of aliphatic hydroxyl groups is 1. The Hall–Kier alpha value is -0.885. The van der Waals surface area contributed by atoms with Gasteiger partial charge in [0.15, 0.2) is 0 Å². The van der Waals surface area contributed by atoms with Crippen LogP contribution < -0.4 is 5.46 Å². The van der Waals surface area contributed by atoms with Gasteiger partial charge in [0.05, 0.1) is 17.2 Å². The van der Waals surface area contributed by atoms with Gasteiger partial charge in [0.25, 0.3) is 0 Å². The molecule has 1 aliphatic heterocycles. The highest BCUT2D eigenvalue weighted by atomic mass is 16.5. The van der Waals surface area contributed by atoms with E-state index >= 15 is 0 Å². The molecule has 0 radical (unpaired) electrons. The van der Waals surface area contributed by atoms with Crippen molar-refractivity contribution < 1.29 is 19.5 Å². The third-order valence-electron chi connectivity index (χ3n) is 4.35. The van der Waals surface area contributed by atoms with Crippen LogP contribution in [0.4, 0.5) is 0 Å². The zero-order chi connectivity index (χ0) is 15.7. The fourth-order valence-electron chi connectivity index (χ4n) is 2.12. The van der Waals surface area contributed by atoms with Gasteiger partial charge in [0, 0.05) is 31.1 Å². The molecule has 2 heterocycles. The normalized spacial score (nSPS) is 18.0. The van der Waals surface area contributed by atoms with E-state index in [9.17, 15) is 10.1 Å². The van der Waals surface area contributed by atoms with Crippen molar-refractivity contribution >= 4 is 12.6 Å². The quantitative estimate of drug-likeness (QED) is 0.773. The largest absolute Gasteiger partial charge is 0.494 e. The van der Waals surface area contributed by atoms with Gasteiger partial charge in [-0.3, -0.25) is 4.68 Å². The molecule has 2 N–H and O–H groups in total. The van der Waals surface area contributed by atoms with Crippen LogP contribution in [0.25, 0.3) is 0 Å². The number of aromatic nitrogens is 2. The fraction of sp³-hybridized carbons (Fsp3) is 0.786. The van der Waals surface area contributed by atoms with Crippen molar-refractivity contribution in [1.29, 1.82) is 0 Å². The van der Waals surface area contributed by atoms with Gasteiger partial charge in [0.2, 0.25) is 0 Å². The van der Waals surface area contributed by atoms with E-state index < -0.39 is 18.3 Å². The second-order valence-corrected chi connectivity index (χ2v) is 6.64. The number of hydrogen-bond acceptors (Lipinski definition) is 5. The Labute approximate surface area is 126 Å². The summed E-state index contributed by atoms with van der Waals surface area (Å²) in [5.74, 6) is 0. The summed E-state index contributed by atoms with van der Waals surface area (Å²) in [7, 11) is -1.11. The highest BCUT2D eigenvalue weighted by Gasteiger charge is 2.40. The summed E-state index contributed by atoms with van der Waals surface area (Å²) >= 11 is 0. The van der Waals surface area contributed by atoms with Gasteiger partial charge < -0.3 is 19.5 Å². The minimum absolute atomic E-state index is 0.307. The molecule has 0 amide bonds. The van der Waals surface area contributed by atoms with Crippen LogP contribution >= 0.6 is 0 Å².